The number of carbonyl (C=O) groups is 1. The average Bonchev–Trinajstić information content (AvgIpc) is 2.49. The van der Waals surface area contributed by atoms with Gasteiger partial charge in [-0.3, -0.25) is 4.79 Å². The number of aromatic nitrogens is 1. The normalized spacial score (nSPS) is 10.1. The summed E-state index contributed by atoms with van der Waals surface area (Å²) in [5, 5.41) is 3.96. The lowest BCUT2D eigenvalue weighted by atomic mass is 10.1. The molecule has 1 N–H and O–H groups in total. The number of nitrogens with one attached hydrogen (secondary N) is 1. The minimum absolute atomic E-state index is 0. The van der Waals surface area contributed by atoms with Gasteiger partial charge in [-0.05, 0) is 17.5 Å². The summed E-state index contributed by atoms with van der Waals surface area (Å²) in [6.07, 6.45) is 6.34. The number of hydrogen-bond acceptors (Lipinski definition) is 2. The van der Waals surface area contributed by atoms with Crippen molar-refractivity contribution in [2.24, 2.45) is 5.10 Å². The molecule has 0 aliphatic rings. The van der Waals surface area contributed by atoms with Gasteiger partial charge >= 0.3 is 5.91 Å². The van der Waals surface area contributed by atoms with E-state index in [9.17, 15) is 4.79 Å². The van der Waals surface area contributed by atoms with Crippen LogP contribution in [0.1, 0.15) is 18.1 Å². The number of amides is 1. The van der Waals surface area contributed by atoms with E-state index in [2.05, 4.69) is 29.6 Å². The summed E-state index contributed by atoms with van der Waals surface area (Å²) < 4.78 is 1.79. The van der Waals surface area contributed by atoms with Crippen LogP contribution in [0.2, 0.25) is 0 Å². The monoisotopic (exact) mass is 303 g/mol. The molecule has 0 atom stereocenters. The number of rotatable bonds is 5. The Morgan fingerprint density at radius 3 is 2.48 bits per heavy atom. The molecule has 0 saturated carbocycles. The van der Waals surface area contributed by atoms with Gasteiger partial charge in [0, 0.05) is 12.1 Å². The fraction of sp³-hybridized carbons (Fsp3) is 0.188. The van der Waals surface area contributed by atoms with Gasteiger partial charge in [0.1, 0.15) is 0 Å². The second-order valence-corrected chi connectivity index (χ2v) is 4.44. The molecule has 2 aromatic rings. The molecule has 4 nitrogen and oxygen atoms in total. The third-order valence-electron chi connectivity index (χ3n) is 2.89. The van der Waals surface area contributed by atoms with Crippen LogP contribution in [0, 0.1) is 0 Å². The molecule has 0 fully saturated rings. The first kappa shape index (κ1) is 16.9. The Morgan fingerprint density at radius 1 is 1.19 bits per heavy atom. The lowest BCUT2D eigenvalue weighted by Gasteiger charge is -1.98. The molecule has 0 radical (unpaired) electrons. The molecule has 1 heterocycles. The molecule has 110 valence electrons. The molecule has 0 bridgehead atoms. The smallest absolute Gasteiger partial charge is 0.305 e. The highest BCUT2D eigenvalue weighted by atomic mass is 35.5. The Hall–Kier alpha value is -2.20. The molecule has 21 heavy (non-hydrogen) atoms. The maximum Gasteiger partial charge on any atom is 0.305 e. The summed E-state index contributed by atoms with van der Waals surface area (Å²) in [6.45, 7) is 2.37. The van der Waals surface area contributed by atoms with Crippen LogP contribution in [-0.2, 0) is 17.8 Å². The van der Waals surface area contributed by atoms with Gasteiger partial charge in [0.15, 0.2) is 12.4 Å². The van der Waals surface area contributed by atoms with Gasteiger partial charge in [0.2, 0.25) is 6.54 Å². The predicted octanol–water partition coefficient (Wildman–Crippen LogP) is -1.31. The van der Waals surface area contributed by atoms with Crippen LogP contribution in [0.4, 0.5) is 0 Å². The third-order valence-corrected chi connectivity index (χ3v) is 2.89. The van der Waals surface area contributed by atoms with E-state index in [1.807, 2.05) is 42.7 Å². The van der Waals surface area contributed by atoms with Gasteiger partial charge < -0.3 is 12.4 Å². The fourth-order valence-corrected chi connectivity index (χ4v) is 1.76. The predicted molar refractivity (Wildman–Crippen MR) is 78.2 cm³/mol. The van der Waals surface area contributed by atoms with Gasteiger partial charge in [-0.15, -0.1) is 0 Å². The number of pyridine rings is 1. The highest BCUT2D eigenvalue weighted by Crippen LogP contribution is 2.02. The SMILES string of the molecule is CCc1ccc(C=NNC(=O)C[n+]2ccccc2)cc1.[Cl-]. The first-order chi connectivity index (χ1) is 9.78. The molecule has 0 unspecified atom stereocenters. The summed E-state index contributed by atoms with van der Waals surface area (Å²) >= 11 is 0. The van der Waals surface area contributed by atoms with E-state index < -0.39 is 0 Å². The van der Waals surface area contributed by atoms with Crippen molar-refractivity contribution < 1.29 is 21.8 Å². The van der Waals surface area contributed by atoms with Crippen LogP contribution in [-0.4, -0.2) is 12.1 Å². The minimum Gasteiger partial charge on any atom is -1.00 e. The first-order valence-corrected chi connectivity index (χ1v) is 6.63. The summed E-state index contributed by atoms with van der Waals surface area (Å²) in [5.74, 6) is -0.150. The third kappa shape index (κ3) is 5.75. The lowest BCUT2D eigenvalue weighted by molar-refractivity contribution is -0.684. The Balaban J connectivity index is 0.00000220. The zero-order valence-electron chi connectivity index (χ0n) is 11.9. The van der Waals surface area contributed by atoms with Crippen molar-refractivity contribution in [3.05, 3.63) is 66.0 Å². The Bertz CT molecular complexity index is 582. The molecule has 0 aliphatic carbocycles. The molecule has 2 rings (SSSR count). The molecule has 1 aromatic carbocycles. The quantitative estimate of drug-likeness (QED) is 0.416. The van der Waals surface area contributed by atoms with E-state index in [4.69, 9.17) is 0 Å². The van der Waals surface area contributed by atoms with Crippen molar-refractivity contribution in [1.82, 2.24) is 5.43 Å². The standard InChI is InChI=1S/C16H17N3O.ClH/c1-2-14-6-8-15(9-7-14)12-17-18-16(20)13-19-10-4-3-5-11-19;/h3-12H,2,13H2,1H3;1H. The highest BCUT2D eigenvalue weighted by molar-refractivity contribution is 5.81. The zero-order valence-corrected chi connectivity index (χ0v) is 12.6. The molecular weight excluding hydrogens is 286 g/mol. The number of aryl methyl sites for hydroxylation is 1. The Morgan fingerprint density at radius 2 is 1.86 bits per heavy atom. The molecule has 5 heteroatoms. The van der Waals surface area contributed by atoms with Gasteiger partial charge in [-0.25, -0.2) is 5.43 Å². The molecule has 1 amide bonds. The average molecular weight is 304 g/mol. The number of hydrazone groups is 1. The Labute approximate surface area is 130 Å². The first-order valence-electron chi connectivity index (χ1n) is 6.63. The lowest BCUT2D eigenvalue weighted by Crippen LogP contribution is -3.00. The number of hydrogen-bond donors (Lipinski definition) is 1. The number of nitrogens with zero attached hydrogens (tertiary/aromatic N) is 2. The molecule has 0 spiro atoms. The van der Waals surface area contributed by atoms with Gasteiger partial charge in [-0.2, -0.15) is 9.67 Å². The van der Waals surface area contributed by atoms with Crippen molar-refractivity contribution in [2.75, 3.05) is 0 Å². The van der Waals surface area contributed by atoms with Crippen molar-refractivity contribution in [3.8, 4) is 0 Å². The summed E-state index contributed by atoms with van der Waals surface area (Å²) in [5.41, 5.74) is 4.77. The van der Waals surface area contributed by atoms with Crippen LogP contribution < -0.4 is 22.4 Å². The van der Waals surface area contributed by atoms with Crippen molar-refractivity contribution in [2.45, 2.75) is 19.9 Å². The molecule has 0 aliphatic heterocycles. The van der Waals surface area contributed by atoms with Crippen molar-refractivity contribution >= 4 is 12.1 Å². The number of halogens is 1. The van der Waals surface area contributed by atoms with E-state index in [0.717, 1.165) is 12.0 Å². The van der Waals surface area contributed by atoms with E-state index in [-0.39, 0.29) is 24.9 Å². The van der Waals surface area contributed by atoms with Crippen LogP contribution >= 0.6 is 0 Å². The van der Waals surface area contributed by atoms with E-state index in [0.29, 0.717) is 0 Å². The summed E-state index contributed by atoms with van der Waals surface area (Å²) in [4.78, 5) is 11.7. The molecule has 0 saturated heterocycles. The van der Waals surface area contributed by atoms with Gasteiger partial charge in [0.05, 0.1) is 6.21 Å². The number of benzene rings is 1. The minimum atomic E-state index is -0.150. The zero-order chi connectivity index (χ0) is 14.2. The van der Waals surface area contributed by atoms with Gasteiger partial charge in [-0.1, -0.05) is 37.3 Å². The summed E-state index contributed by atoms with van der Waals surface area (Å²) in [6, 6.07) is 13.8. The summed E-state index contributed by atoms with van der Waals surface area (Å²) in [7, 11) is 0. The molecule has 1 aromatic heterocycles. The van der Waals surface area contributed by atoms with Crippen LogP contribution in [0.15, 0.2) is 60.0 Å². The maximum absolute atomic E-state index is 11.7. The van der Waals surface area contributed by atoms with Crippen LogP contribution in [0.5, 0.6) is 0 Å². The Kier molecular flexibility index (Phi) is 7.12. The second-order valence-electron chi connectivity index (χ2n) is 4.44. The van der Waals surface area contributed by atoms with Gasteiger partial charge in [0.25, 0.3) is 0 Å². The number of carbonyl (C=O) groups excluding carboxylic acids is 1. The topological polar surface area (TPSA) is 45.3 Å². The highest BCUT2D eigenvalue weighted by Gasteiger charge is 2.06. The van der Waals surface area contributed by atoms with E-state index in [1.54, 1.807) is 10.8 Å². The van der Waals surface area contributed by atoms with Crippen LogP contribution in [0.3, 0.4) is 0 Å². The second kappa shape index (κ2) is 8.87. The largest absolute Gasteiger partial charge is 1.00 e. The fourth-order valence-electron chi connectivity index (χ4n) is 1.76. The van der Waals surface area contributed by atoms with Crippen molar-refractivity contribution in [1.29, 1.82) is 0 Å². The van der Waals surface area contributed by atoms with E-state index in [1.165, 1.54) is 5.56 Å². The van der Waals surface area contributed by atoms with Crippen LogP contribution in [0.25, 0.3) is 0 Å². The van der Waals surface area contributed by atoms with Crippen molar-refractivity contribution in [3.63, 3.8) is 0 Å². The maximum atomic E-state index is 11.7. The molecular formula is C16H18ClN3O. The van der Waals surface area contributed by atoms with E-state index >= 15 is 0 Å².